The van der Waals surface area contributed by atoms with Crippen molar-refractivity contribution >= 4 is 24.1 Å². The maximum Gasteiger partial charge on any atom is 0.407 e. The Morgan fingerprint density at radius 2 is 1.50 bits per heavy atom. The number of carboxylic acids is 1. The molecule has 1 atom stereocenters. The molecule has 4 rings (SSSR count). The van der Waals surface area contributed by atoms with Gasteiger partial charge in [0.1, 0.15) is 12.6 Å². The summed E-state index contributed by atoms with van der Waals surface area (Å²) in [6.45, 7) is 0.520. The Morgan fingerprint density at radius 3 is 2.14 bits per heavy atom. The lowest BCUT2D eigenvalue weighted by molar-refractivity contribution is -0.139. The van der Waals surface area contributed by atoms with E-state index in [9.17, 15) is 19.5 Å². The third-order valence-corrected chi connectivity index (χ3v) is 6.23. The van der Waals surface area contributed by atoms with Gasteiger partial charge in [0.15, 0.2) is 0 Å². The molecule has 1 aliphatic carbocycles. The molecule has 0 saturated heterocycles. The van der Waals surface area contributed by atoms with Gasteiger partial charge in [-0.15, -0.1) is 0 Å². The number of aliphatic imine (C=N–C) groups is 1. The Morgan fingerprint density at radius 1 is 0.889 bits per heavy atom. The number of nitrogens with one attached hydrogen (secondary N) is 1. The molecule has 0 aliphatic heterocycles. The highest BCUT2D eigenvalue weighted by Crippen LogP contribution is 2.44. The lowest BCUT2D eigenvalue weighted by Gasteiger charge is -2.17. The van der Waals surface area contributed by atoms with Crippen molar-refractivity contribution in [1.82, 2.24) is 5.32 Å². The van der Waals surface area contributed by atoms with E-state index in [1.165, 1.54) is 6.21 Å². The highest BCUT2D eigenvalue weighted by atomic mass is 16.5. The molecule has 7 nitrogen and oxygen atoms in total. The summed E-state index contributed by atoms with van der Waals surface area (Å²) in [5.41, 5.74) is 5.00. The van der Waals surface area contributed by atoms with Gasteiger partial charge in [0.2, 0.25) is 5.78 Å². The van der Waals surface area contributed by atoms with E-state index >= 15 is 0 Å². The molecular formula is C29H28N2O5. The van der Waals surface area contributed by atoms with E-state index < -0.39 is 18.1 Å². The van der Waals surface area contributed by atoms with Gasteiger partial charge in [-0.2, -0.15) is 0 Å². The number of ether oxygens (including phenoxy) is 1. The van der Waals surface area contributed by atoms with Gasteiger partial charge in [0, 0.05) is 18.0 Å². The van der Waals surface area contributed by atoms with Gasteiger partial charge in [-0.3, -0.25) is 9.79 Å². The minimum atomic E-state index is -1.12. The van der Waals surface area contributed by atoms with Crippen molar-refractivity contribution in [2.24, 2.45) is 4.99 Å². The van der Waals surface area contributed by atoms with Crippen molar-refractivity contribution in [2.75, 3.05) is 13.2 Å². The van der Waals surface area contributed by atoms with Crippen LogP contribution in [-0.4, -0.2) is 48.4 Å². The number of Topliss-reactive ketones (excluding diaryl/α,β-unsaturated/α-hetero) is 1. The summed E-state index contributed by atoms with van der Waals surface area (Å²) in [4.78, 5) is 40.2. The van der Waals surface area contributed by atoms with Gasteiger partial charge in [-0.05, 0) is 41.5 Å². The quantitative estimate of drug-likeness (QED) is 0.224. The lowest BCUT2D eigenvalue weighted by atomic mass is 9.98. The van der Waals surface area contributed by atoms with Crippen LogP contribution in [-0.2, 0) is 9.53 Å². The molecule has 1 amide bonds. The van der Waals surface area contributed by atoms with Crippen molar-refractivity contribution < 1.29 is 24.2 Å². The molecule has 0 saturated carbocycles. The molecule has 1 aliphatic rings. The lowest BCUT2D eigenvalue weighted by Crippen LogP contribution is -2.41. The van der Waals surface area contributed by atoms with Crippen LogP contribution in [0.15, 0.2) is 83.9 Å². The van der Waals surface area contributed by atoms with Gasteiger partial charge in [0.25, 0.3) is 0 Å². The number of benzene rings is 3. The second kappa shape index (κ2) is 11.9. The summed E-state index contributed by atoms with van der Waals surface area (Å²) < 4.78 is 5.46. The Kier molecular flexibility index (Phi) is 8.24. The molecule has 184 valence electrons. The zero-order valence-corrected chi connectivity index (χ0v) is 19.8. The maximum atomic E-state index is 12.4. The molecule has 0 unspecified atom stereocenters. The third kappa shape index (κ3) is 6.05. The molecule has 0 bridgehead atoms. The van der Waals surface area contributed by atoms with E-state index in [0.29, 0.717) is 24.9 Å². The number of ketones is 1. The van der Waals surface area contributed by atoms with Gasteiger partial charge < -0.3 is 15.2 Å². The Hall–Kier alpha value is -4.26. The van der Waals surface area contributed by atoms with Crippen molar-refractivity contribution in [3.05, 3.63) is 95.6 Å². The van der Waals surface area contributed by atoms with Gasteiger partial charge in [-0.1, -0.05) is 78.9 Å². The normalized spacial score (nSPS) is 13.1. The van der Waals surface area contributed by atoms with Crippen LogP contribution in [0.5, 0.6) is 0 Å². The van der Waals surface area contributed by atoms with Crippen LogP contribution in [0.25, 0.3) is 11.1 Å². The number of rotatable bonds is 11. The maximum absolute atomic E-state index is 12.4. The highest BCUT2D eigenvalue weighted by molar-refractivity contribution is 6.35. The second-order valence-corrected chi connectivity index (χ2v) is 8.62. The summed E-state index contributed by atoms with van der Waals surface area (Å²) >= 11 is 0. The second-order valence-electron chi connectivity index (χ2n) is 8.62. The van der Waals surface area contributed by atoms with Crippen LogP contribution < -0.4 is 5.32 Å². The van der Waals surface area contributed by atoms with Crippen LogP contribution >= 0.6 is 0 Å². The number of alkyl carbamates (subject to hydrolysis) is 1. The Labute approximate surface area is 209 Å². The van der Waals surface area contributed by atoms with E-state index in [1.807, 2.05) is 42.5 Å². The molecule has 3 aromatic carbocycles. The SMILES string of the molecule is O=C(N[C@@H](CCCCN=CC(=O)c1ccccc1)C(=O)O)OCC1c2ccccc2-c2ccccc21. The predicted molar refractivity (Wildman–Crippen MR) is 138 cm³/mol. The van der Waals surface area contributed by atoms with Crippen LogP contribution in [0.1, 0.15) is 46.7 Å². The van der Waals surface area contributed by atoms with Crippen LogP contribution in [0.4, 0.5) is 4.79 Å². The topological polar surface area (TPSA) is 105 Å². The van der Waals surface area contributed by atoms with Crippen molar-refractivity contribution in [3.63, 3.8) is 0 Å². The molecule has 36 heavy (non-hydrogen) atoms. The standard InChI is InChI=1S/C29H28N2O5/c32-27(20-10-2-1-3-11-20)18-30-17-9-8-16-26(28(33)34)31-29(35)36-19-25-23-14-6-4-12-21(23)22-13-5-7-15-24(22)25/h1-7,10-15,18,25-26H,8-9,16-17,19H2,(H,31,35)(H,33,34)/t26-/m0/s1. The summed E-state index contributed by atoms with van der Waals surface area (Å²) in [5.74, 6) is -1.38. The average Bonchev–Trinajstić information content (AvgIpc) is 3.22. The number of fused-ring (bicyclic) bond motifs is 3. The van der Waals surface area contributed by atoms with Crippen molar-refractivity contribution in [2.45, 2.75) is 31.2 Å². The first-order chi connectivity index (χ1) is 17.5. The minimum Gasteiger partial charge on any atom is -0.480 e. The van der Waals surface area contributed by atoms with E-state index in [-0.39, 0.29) is 24.7 Å². The monoisotopic (exact) mass is 484 g/mol. The molecule has 0 radical (unpaired) electrons. The number of nitrogens with zero attached hydrogens (tertiary/aromatic N) is 1. The zero-order chi connectivity index (χ0) is 25.3. The first-order valence-corrected chi connectivity index (χ1v) is 12.0. The molecule has 0 heterocycles. The minimum absolute atomic E-state index is 0.0945. The average molecular weight is 485 g/mol. The van der Waals surface area contributed by atoms with Gasteiger partial charge in [0.05, 0.1) is 6.21 Å². The number of hydrogen-bond acceptors (Lipinski definition) is 5. The van der Waals surface area contributed by atoms with Crippen LogP contribution in [0, 0.1) is 0 Å². The molecule has 7 heteroatoms. The summed E-state index contributed by atoms with van der Waals surface area (Å²) in [7, 11) is 0. The molecule has 0 spiro atoms. The van der Waals surface area contributed by atoms with Crippen LogP contribution in [0.3, 0.4) is 0 Å². The molecule has 3 aromatic rings. The summed E-state index contributed by atoms with van der Waals surface area (Å²) in [5, 5.41) is 12.0. The van der Waals surface area contributed by atoms with E-state index in [2.05, 4.69) is 22.4 Å². The smallest absolute Gasteiger partial charge is 0.407 e. The number of unbranched alkanes of at least 4 members (excludes halogenated alkanes) is 1. The number of carboxylic acid groups (broad SMARTS) is 1. The molecular weight excluding hydrogens is 456 g/mol. The largest absolute Gasteiger partial charge is 0.480 e. The number of carbonyl (C=O) groups is 3. The Balaban J connectivity index is 1.23. The number of carbonyl (C=O) groups excluding carboxylic acids is 2. The van der Waals surface area contributed by atoms with Gasteiger partial charge in [-0.25, -0.2) is 9.59 Å². The van der Waals surface area contributed by atoms with E-state index in [1.54, 1.807) is 24.3 Å². The fraction of sp³-hybridized carbons (Fsp3) is 0.241. The first kappa shape index (κ1) is 24.9. The fourth-order valence-corrected chi connectivity index (χ4v) is 4.42. The fourth-order valence-electron chi connectivity index (χ4n) is 4.42. The summed E-state index contributed by atoms with van der Waals surface area (Å²) in [6, 6.07) is 23.8. The van der Waals surface area contributed by atoms with Crippen molar-refractivity contribution in [3.8, 4) is 11.1 Å². The number of aliphatic carboxylic acids is 1. The first-order valence-electron chi connectivity index (χ1n) is 12.0. The van der Waals surface area contributed by atoms with E-state index in [4.69, 9.17) is 4.74 Å². The van der Waals surface area contributed by atoms with Crippen molar-refractivity contribution in [1.29, 1.82) is 0 Å². The highest BCUT2D eigenvalue weighted by Gasteiger charge is 2.29. The summed E-state index contributed by atoms with van der Waals surface area (Å²) in [6.07, 6.45) is 1.89. The van der Waals surface area contributed by atoms with E-state index in [0.717, 1.165) is 22.3 Å². The molecule has 0 fully saturated rings. The zero-order valence-electron chi connectivity index (χ0n) is 19.8. The predicted octanol–water partition coefficient (Wildman–Crippen LogP) is 5.10. The third-order valence-electron chi connectivity index (χ3n) is 6.23. The molecule has 2 N–H and O–H groups in total. The number of amides is 1. The van der Waals surface area contributed by atoms with Gasteiger partial charge >= 0.3 is 12.1 Å². The number of hydrogen-bond donors (Lipinski definition) is 2. The van der Waals surface area contributed by atoms with Crippen LogP contribution in [0.2, 0.25) is 0 Å². The molecule has 0 aromatic heterocycles. The Bertz CT molecular complexity index is 1210.